The number of likely N-dealkylation sites (N-methyl/N-ethyl adjacent to an activating group) is 2. The smallest absolute Gasteiger partial charge is 0.227 e. The molecule has 0 aliphatic carbocycles. The molecule has 0 saturated carbocycles. The summed E-state index contributed by atoms with van der Waals surface area (Å²) in [6, 6.07) is 11.5. The average molecular weight is 424 g/mol. The minimum absolute atomic E-state index is 0.350. The second kappa shape index (κ2) is 9.56. The summed E-state index contributed by atoms with van der Waals surface area (Å²) < 4.78 is 0. The van der Waals surface area contributed by atoms with Crippen LogP contribution in [0.5, 0.6) is 0 Å². The first-order chi connectivity index (χ1) is 14.4. The Kier molecular flexibility index (Phi) is 6.87. The monoisotopic (exact) mass is 423 g/mol. The number of nitrogens with two attached hydrogens (primary N) is 1. The fraction of sp³-hybridized carbons (Fsp3) is 0.227. The van der Waals surface area contributed by atoms with Crippen molar-refractivity contribution in [2.75, 3.05) is 44.4 Å². The molecule has 3 rings (SSSR count). The van der Waals surface area contributed by atoms with E-state index in [4.69, 9.17) is 17.3 Å². The zero-order chi connectivity index (χ0) is 21.7. The van der Waals surface area contributed by atoms with E-state index in [9.17, 15) is 0 Å². The molecule has 0 spiro atoms. The van der Waals surface area contributed by atoms with Crippen molar-refractivity contribution < 1.29 is 0 Å². The molecule has 156 valence electrons. The third kappa shape index (κ3) is 5.25. The molecule has 1 aromatic heterocycles. The molecule has 0 amide bonds. The van der Waals surface area contributed by atoms with Crippen LogP contribution in [-0.4, -0.2) is 54.9 Å². The molecule has 0 aliphatic rings. The minimum Gasteiger partial charge on any atom is -0.384 e. The van der Waals surface area contributed by atoms with E-state index in [0.29, 0.717) is 22.3 Å². The molecule has 30 heavy (non-hydrogen) atoms. The first-order valence-corrected chi connectivity index (χ1v) is 9.90. The minimum atomic E-state index is 0.350. The highest BCUT2D eigenvalue weighted by Crippen LogP contribution is 2.32. The summed E-state index contributed by atoms with van der Waals surface area (Å²) in [5.74, 6) is 0.805. The molecule has 0 atom stereocenters. The maximum absolute atomic E-state index is 6.27. The van der Waals surface area contributed by atoms with Crippen LogP contribution in [0.15, 0.2) is 60.2 Å². The Morgan fingerprint density at radius 2 is 2.03 bits per heavy atom. The summed E-state index contributed by atoms with van der Waals surface area (Å²) in [7, 11) is 6.13. The van der Waals surface area contributed by atoms with E-state index < -0.39 is 0 Å². The highest BCUT2D eigenvalue weighted by molar-refractivity contribution is 6.35. The van der Waals surface area contributed by atoms with Crippen molar-refractivity contribution in [3.63, 3.8) is 0 Å². The molecule has 3 aromatic rings. The lowest BCUT2D eigenvalue weighted by molar-refractivity contribution is 0.416. The van der Waals surface area contributed by atoms with Gasteiger partial charge in [0.2, 0.25) is 5.95 Å². The van der Waals surface area contributed by atoms with Gasteiger partial charge in [-0.3, -0.25) is 0 Å². The molecule has 0 unspecified atom stereocenters. The van der Waals surface area contributed by atoms with Crippen molar-refractivity contribution in [2.24, 2.45) is 10.7 Å². The number of hydrogen-bond donors (Lipinski definition) is 2. The Morgan fingerprint density at radius 1 is 1.23 bits per heavy atom. The number of rotatable bonds is 8. The Hall–Kier alpha value is -3.16. The fourth-order valence-corrected chi connectivity index (χ4v) is 3.10. The molecule has 3 N–H and O–H groups in total. The van der Waals surface area contributed by atoms with Gasteiger partial charge in [0.1, 0.15) is 5.84 Å². The maximum atomic E-state index is 6.27. The van der Waals surface area contributed by atoms with E-state index in [1.54, 1.807) is 6.20 Å². The molecule has 2 aromatic carbocycles. The third-order valence-corrected chi connectivity index (χ3v) is 4.85. The number of nitrogens with zero attached hydrogens (tertiary/aromatic N) is 5. The number of fused-ring (bicyclic) bond motifs is 1. The van der Waals surface area contributed by atoms with Crippen LogP contribution in [0.25, 0.3) is 10.9 Å². The normalized spacial score (nSPS) is 11.7. The number of hydrogen-bond acceptors (Lipinski definition) is 6. The Bertz CT molecular complexity index is 1080. The van der Waals surface area contributed by atoms with Crippen LogP contribution in [0, 0.1) is 0 Å². The highest BCUT2D eigenvalue weighted by Gasteiger charge is 2.11. The van der Waals surface area contributed by atoms with Gasteiger partial charge in [0.25, 0.3) is 0 Å². The molecular formula is C22H26ClN7. The second-order valence-electron chi connectivity index (χ2n) is 7.17. The summed E-state index contributed by atoms with van der Waals surface area (Å²) in [6.07, 6.45) is 3.27. The highest BCUT2D eigenvalue weighted by atomic mass is 35.5. The molecule has 0 radical (unpaired) electrons. The van der Waals surface area contributed by atoms with Gasteiger partial charge >= 0.3 is 0 Å². The zero-order valence-electron chi connectivity index (χ0n) is 17.4. The summed E-state index contributed by atoms with van der Waals surface area (Å²) >= 11 is 6.27. The van der Waals surface area contributed by atoms with Gasteiger partial charge in [0.15, 0.2) is 0 Å². The molecule has 8 heteroatoms. The van der Waals surface area contributed by atoms with Gasteiger partial charge in [-0.15, -0.1) is 0 Å². The Balaban J connectivity index is 1.93. The summed E-state index contributed by atoms with van der Waals surface area (Å²) in [5.41, 5.74) is 9.12. The molecule has 7 nitrogen and oxygen atoms in total. The van der Waals surface area contributed by atoms with Gasteiger partial charge in [0, 0.05) is 37.4 Å². The van der Waals surface area contributed by atoms with Crippen LogP contribution in [0.3, 0.4) is 0 Å². The SMILES string of the molecule is C=CC(N)=Nc1cc(Nc2ncc3cccc(Cl)c3n2)ccc1N(C)CCN(C)C. The number of nitrogens with one attached hydrogen (secondary N) is 1. The Labute approximate surface area is 181 Å². The van der Waals surface area contributed by atoms with E-state index in [-0.39, 0.29) is 0 Å². The van der Waals surface area contributed by atoms with Crippen LogP contribution in [0.1, 0.15) is 0 Å². The topological polar surface area (TPSA) is 82.7 Å². The van der Waals surface area contributed by atoms with Crippen molar-refractivity contribution in [3.8, 4) is 0 Å². The average Bonchev–Trinajstić information content (AvgIpc) is 2.72. The van der Waals surface area contributed by atoms with Gasteiger partial charge in [-0.25, -0.2) is 15.0 Å². The predicted octanol–water partition coefficient (Wildman–Crippen LogP) is 4.20. The lowest BCUT2D eigenvalue weighted by atomic mass is 10.2. The second-order valence-corrected chi connectivity index (χ2v) is 7.57. The number of halogens is 1. The molecule has 1 heterocycles. The first kappa shape index (κ1) is 21.5. The van der Waals surface area contributed by atoms with Crippen LogP contribution < -0.4 is 16.0 Å². The molecular weight excluding hydrogens is 398 g/mol. The zero-order valence-corrected chi connectivity index (χ0v) is 18.2. The predicted molar refractivity (Wildman–Crippen MR) is 128 cm³/mol. The van der Waals surface area contributed by atoms with Crippen molar-refractivity contribution in [3.05, 3.63) is 60.3 Å². The Morgan fingerprint density at radius 3 is 2.77 bits per heavy atom. The van der Waals surface area contributed by atoms with Crippen LogP contribution in [0.4, 0.5) is 23.0 Å². The number of anilines is 3. The lowest BCUT2D eigenvalue weighted by Crippen LogP contribution is -2.28. The number of para-hydroxylation sites is 1. The molecule has 0 bridgehead atoms. The summed E-state index contributed by atoms with van der Waals surface area (Å²) in [4.78, 5) is 17.7. The largest absolute Gasteiger partial charge is 0.384 e. The number of aromatic nitrogens is 2. The van der Waals surface area contributed by atoms with Gasteiger partial charge in [0.05, 0.1) is 21.9 Å². The van der Waals surface area contributed by atoms with Crippen LogP contribution >= 0.6 is 11.6 Å². The third-order valence-electron chi connectivity index (χ3n) is 4.55. The quantitative estimate of drug-likeness (QED) is 0.417. The molecule has 0 saturated heterocycles. The number of benzene rings is 2. The van der Waals surface area contributed by atoms with Crippen molar-refractivity contribution in [1.82, 2.24) is 14.9 Å². The van der Waals surface area contributed by atoms with E-state index in [1.165, 1.54) is 6.08 Å². The van der Waals surface area contributed by atoms with E-state index in [1.807, 2.05) is 57.5 Å². The fourth-order valence-electron chi connectivity index (χ4n) is 2.88. The van der Waals surface area contributed by atoms with Crippen LogP contribution in [-0.2, 0) is 0 Å². The van der Waals surface area contributed by atoms with E-state index in [0.717, 1.165) is 35.5 Å². The summed E-state index contributed by atoms with van der Waals surface area (Å²) in [5, 5.41) is 4.70. The van der Waals surface area contributed by atoms with Crippen molar-refractivity contribution in [1.29, 1.82) is 0 Å². The van der Waals surface area contributed by atoms with Gasteiger partial charge in [-0.05, 0) is 44.4 Å². The summed E-state index contributed by atoms with van der Waals surface area (Å²) in [6.45, 7) is 5.46. The van der Waals surface area contributed by atoms with E-state index >= 15 is 0 Å². The standard InChI is InChI=1S/C22H26ClN7/c1-5-20(24)27-18-13-16(9-10-19(18)30(4)12-11-29(2)3)26-22-25-14-15-7-6-8-17(23)21(15)28-22/h5-10,13-14H,1,11-12H2,2-4H3,(H2,24,27)(H,25,26,28). The van der Waals surface area contributed by atoms with E-state index in [2.05, 4.69) is 36.7 Å². The number of aliphatic imine (C=N–C) groups is 1. The van der Waals surface area contributed by atoms with Crippen molar-refractivity contribution >= 4 is 51.3 Å². The van der Waals surface area contributed by atoms with Gasteiger partial charge in [-0.1, -0.05) is 30.3 Å². The maximum Gasteiger partial charge on any atom is 0.227 e. The van der Waals surface area contributed by atoms with Gasteiger partial charge in [-0.2, -0.15) is 0 Å². The molecule has 0 fully saturated rings. The number of amidine groups is 1. The van der Waals surface area contributed by atoms with Crippen molar-refractivity contribution in [2.45, 2.75) is 0 Å². The van der Waals surface area contributed by atoms with Crippen LogP contribution in [0.2, 0.25) is 5.02 Å². The first-order valence-electron chi connectivity index (χ1n) is 9.52. The van der Waals surface area contributed by atoms with Gasteiger partial charge < -0.3 is 20.9 Å². The lowest BCUT2D eigenvalue weighted by Gasteiger charge is -2.23. The molecule has 0 aliphatic heterocycles.